The molecular weight excluding hydrogens is 359 g/mol. The van der Waals surface area contributed by atoms with Crippen molar-refractivity contribution in [2.45, 2.75) is 11.7 Å². The van der Waals surface area contributed by atoms with Gasteiger partial charge in [-0.15, -0.1) is 0 Å². The molecule has 1 heterocycles. The minimum atomic E-state index is -0.293. The molecule has 1 fully saturated rings. The fourth-order valence-electron chi connectivity index (χ4n) is 2.94. The molecule has 0 aromatic heterocycles. The number of benzene rings is 3. The number of hydrogen-bond donors (Lipinski definition) is 0. The molecule has 1 aliphatic heterocycles. The highest BCUT2D eigenvalue weighted by molar-refractivity contribution is 8.16. The Hall–Kier alpha value is -2.92. The number of rotatable bonds is 4. The number of hydrogen-bond acceptors (Lipinski definition) is 3. The number of amides is 1. The number of halogens is 1. The van der Waals surface area contributed by atoms with E-state index in [1.54, 1.807) is 17.0 Å². The first-order valence-electron chi connectivity index (χ1n) is 8.64. The Morgan fingerprint density at radius 2 is 1.52 bits per heavy atom. The Balaban J connectivity index is 1.67. The third kappa shape index (κ3) is 3.93. The van der Waals surface area contributed by atoms with Crippen LogP contribution in [0.2, 0.25) is 0 Å². The van der Waals surface area contributed by atoms with E-state index in [0.29, 0.717) is 11.6 Å². The van der Waals surface area contributed by atoms with E-state index in [2.05, 4.69) is 0 Å². The van der Waals surface area contributed by atoms with Crippen LogP contribution < -0.4 is 4.90 Å². The molecule has 4 rings (SSSR count). The Morgan fingerprint density at radius 3 is 2.19 bits per heavy atom. The zero-order valence-corrected chi connectivity index (χ0v) is 15.3. The van der Waals surface area contributed by atoms with E-state index in [-0.39, 0.29) is 17.0 Å². The van der Waals surface area contributed by atoms with E-state index in [9.17, 15) is 9.18 Å². The number of para-hydroxylation sites is 2. The topological polar surface area (TPSA) is 32.7 Å². The molecule has 0 aliphatic carbocycles. The summed E-state index contributed by atoms with van der Waals surface area (Å²) in [6.45, 7) is 0. The van der Waals surface area contributed by atoms with Gasteiger partial charge in [-0.2, -0.15) is 0 Å². The second kappa shape index (κ2) is 7.76. The molecule has 134 valence electrons. The second-order valence-electron chi connectivity index (χ2n) is 6.18. The van der Waals surface area contributed by atoms with Crippen molar-refractivity contribution in [2.24, 2.45) is 4.99 Å². The predicted octanol–water partition coefficient (Wildman–Crippen LogP) is 5.20. The first-order chi connectivity index (χ1) is 13.2. The number of carbonyl (C=O) groups is 1. The molecule has 0 N–H and O–H groups in total. The molecule has 0 radical (unpaired) electrons. The molecule has 3 nitrogen and oxygen atoms in total. The molecule has 27 heavy (non-hydrogen) atoms. The van der Waals surface area contributed by atoms with Crippen molar-refractivity contribution in [3.05, 3.63) is 96.3 Å². The summed E-state index contributed by atoms with van der Waals surface area (Å²) in [5.41, 5.74) is 2.53. The van der Waals surface area contributed by atoms with Gasteiger partial charge in [0.2, 0.25) is 5.91 Å². The van der Waals surface area contributed by atoms with Crippen molar-refractivity contribution < 1.29 is 9.18 Å². The van der Waals surface area contributed by atoms with E-state index >= 15 is 0 Å². The molecule has 1 atom stereocenters. The second-order valence-corrected chi connectivity index (χ2v) is 7.35. The largest absolute Gasteiger partial charge is 0.273 e. The molecule has 1 amide bonds. The third-order valence-corrected chi connectivity index (χ3v) is 5.40. The summed E-state index contributed by atoms with van der Waals surface area (Å²) in [6.07, 6.45) is 0.529. The Bertz CT molecular complexity index is 959. The highest BCUT2D eigenvalue weighted by atomic mass is 32.2. The molecule has 1 aliphatic rings. The summed E-state index contributed by atoms with van der Waals surface area (Å²) in [6, 6.07) is 25.4. The molecule has 0 saturated carbocycles. The molecular formula is C22H17FN2OS. The van der Waals surface area contributed by atoms with Crippen molar-refractivity contribution in [1.29, 1.82) is 0 Å². The standard InChI is InChI=1S/C22H17FN2OS/c23-17-13-11-16(12-14-17)15-20-21(26)25(19-9-5-2-6-10-19)22(27-20)24-18-7-3-1-4-8-18/h1-14,20H,15H2/t20-/m0/s1. The van der Waals surface area contributed by atoms with Gasteiger partial charge < -0.3 is 0 Å². The van der Waals surface area contributed by atoms with Gasteiger partial charge in [0, 0.05) is 0 Å². The maximum Gasteiger partial charge on any atom is 0.247 e. The Morgan fingerprint density at radius 1 is 0.889 bits per heavy atom. The van der Waals surface area contributed by atoms with Crippen LogP contribution in [0.3, 0.4) is 0 Å². The minimum Gasteiger partial charge on any atom is -0.273 e. The van der Waals surface area contributed by atoms with Crippen molar-refractivity contribution in [3.63, 3.8) is 0 Å². The molecule has 0 unspecified atom stereocenters. The van der Waals surface area contributed by atoms with E-state index in [1.807, 2.05) is 60.7 Å². The molecule has 0 bridgehead atoms. The SMILES string of the molecule is O=C1[C@H](Cc2ccc(F)cc2)SC(=Nc2ccccc2)N1c1ccccc1. The average molecular weight is 376 g/mol. The van der Waals surface area contributed by atoms with Crippen LogP contribution in [0.5, 0.6) is 0 Å². The quantitative estimate of drug-likeness (QED) is 0.627. The summed E-state index contributed by atoms with van der Waals surface area (Å²) in [4.78, 5) is 19.5. The maximum atomic E-state index is 13.2. The van der Waals surface area contributed by atoms with Gasteiger partial charge in [-0.25, -0.2) is 9.38 Å². The van der Waals surface area contributed by atoms with Gasteiger partial charge in [-0.3, -0.25) is 9.69 Å². The first kappa shape index (κ1) is 17.5. The fraction of sp³-hybridized carbons (Fsp3) is 0.0909. The number of thioether (sulfide) groups is 1. The first-order valence-corrected chi connectivity index (χ1v) is 9.52. The van der Waals surface area contributed by atoms with Crippen LogP contribution in [0.15, 0.2) is 89.9 Å². The van der Waals surface area contributed by atoms with Gasteiger partial charge in [-0.1, -0.05) is 60.3 Å². The average Bonchev–Trinajstić information content (AvgIpc) is 3.00. The zero-order valence-electron chi connectivity index (χ0n) is 14.5. The molecule has 3 aromatic rings. The van der Waals surface area contributed by atoms with Crippen LogP contribution in [0.4, 0.5) is 15.8 Å². The van der Waals surface area contributed by atoms with Gasteiger partial charge in [0.15, 0.2) is 5.17 Å². The van der Waals surface area contributed by atoms with E-state index < -0.39 is 0 Å². The fourth-order valence-corrected chi connectivity index (χ4v) is 4.13. The van der Waals surface area contributed by atoms with E-state index in [0.717, 1.165) is 16.9 Å². The lowest BCUT2D eigenvalue weighted by atomic mass is 10.1. The van der Waals surface area contributed by atoms with Crippen LogP contribution in [0.25, 0.3) is 0 Å². The van der Waals surface area contributed by atoms with Gasteiger partial charge in [0.25, 0.3) is 0 Å². The summed E-state index contributed by atoms with van der Waals surface area (Å²) in [5, 5.41) is 0.364. The van der Waals surface area contributed by atoms with Crippen molar-refractivity contribution in [1.82, 2.24) is 0 Å². The molecule has 0 spiro atoms. The van der Waals surface area contributed by atoms with Crippen molar-refractivity contribution in [3.8, 4) is 0 Å². The number of amidine groups is 1. The van der Waals surface area contributed by atoms with Crippen LogP contribution in [-0.4, -0.2) is 16.3 Å². The number of nitrogens with zero attached hydrogens (tertiary/aromatic N) is 2. The predicted molar refractivity (Wildman–Crippen MR) is 109 cm³/mol. The molecule has 1 saturated heterocycles. The summed E-state index contributed by atoms with van der Waals surface area (Å²) in [5.74, 6) is -0.286. The summed E-state index contributed by atoms with van der Waals surface area (Å²) in [7, 11) is 0. The lowest BCUT2D eigenvalue weighted by Crippen LogP contribution is -2.32. The number of anilines is 1. The van der Waals surface area contributed by atoms with E-state index in [1.165, 1.54) is 23.9 Å². The lowest BCUT2D eigenvalue weighted by molar-refractivity contribution is -0.116. The van der Waals surface area contributed by atoms with Crippen molar-refractivity contribution in [2.75, 3.05) is 4.90 Å². The van der Waals surface area contributed by atoms with Crippen LogP contribution >= 0.6 is 11.8 Å². The summed E-state index contributed by atoms with van der Waals surface area (Å²) < 4.78 is 13.2. The molecule has 3 aromatic carbocycles. The van der Waals surface area contributed by atoms with Gasteiger partial charge in [0.1, 0.15) is 5.82 Å². The lowest BCUT2D eigenvalue weighted by Gasteiger charge is -2.16. The van der Waals surface area contributed by atoms with Crippen LogP contribution in [-0.2, 0) is 11.2 Å². The Labute approximate surface area is 161 Å². The maximum absolute atomic E-state index is 13.2. The normalized spacial score (nSPS) is 18.3. The Kier molecular flexibility index (Phi) is 5.03. The van der Waals surface area contributed by atoms with Crippen LogP contribution in [0.1, 0.15) is 5.56 Å². The minimum absolute atomic E-state index is 0.00907. The zero-order chi connectivity index (χ0) is 18.6. The van der Waals surface area contributed by atoms with Gasteiger partial charge in [0.05, 0.1) is 16.6 Å². The summed E-state index contributed by atoms with van der Waals surface area (Å²) >= 11 is 1.45. The highest BCUT2D eigenvalue weighted by Crippen LogP contribution is 2.35. The smallest absolute Gasteiger partial charge is 0.247 e. The van der Waals surface area contributed by atoms with Gasteiger partial charge in [-0.05, 0) is 48.4 Å². The van der Waals surface area contributed by atoms with Crippen LogP contribution in [0, 0.1) is 5.82 Å². The molecule has 5 heteroatoms. The van der Waals surface area contributed by atoms with Crippen molar-refractivity contribution >= 4 is 34.2 Å². The number of carbonyl (C=O) groups excluding carboxylic acids is 1. The number of aliphatic imine (C=N–C) groups is 1. The van der Waals surface area contributed by atoms with Gasteiger partial charge >= 0.3 is 0 Å². The van der Waals surface area contributed by atoms with E-state index in [4.69, 9.17) is 4.99 Å². The monoisotopic (exact) mass is 376 g/mol. The third-order valence-electron chi connectivity index (χ3n) is 4.26. The highest BCUT2D eigenvalue weighted by Gasteiger charge is 2.38.